The number of benzene rings is 1. The van der Waals surface area contributed by atoms with Crippen LogP contribution in [0.1, 0.15) is 0 Å². The average Bonchev–Trinajstić information content (AvgIpc) is 1.85. The van der Waals surface area contributed by atoms with Crippen molar-refractivity contribution in [3.63, 3.8) is 0 Å². The van der Waals surface area contributed by atoms with E-state index in [2.05, 4.69) is 21.4 Å². The highest BCUT2D eigenvalue weighted by Gasteiger charge is 2.05. The predicted octanol–water partition coefficient (Wildman–Crippen LogP) is 2.53. The van der Waals surface area contributed by atoms with Crippen molar-refractivity contribution >= 4 is 33.2 Å². The van der Waals surface area contributed by atoms with Crippen molar-refractivity contribution in [3.8, 4) is 0 Å². The van der Waals surface area contributed by atoms with Gasteiger partial charge in [0.05, 0.1) is 10.7 Å². The minimum absolute atomic E-state index is 0.249. The first-order chi connectivity index (χ1) is 5.15. The van der Waals surface area contributed by atoms with E-state index in [4.69, 9.17) is 17.4 Å². The zero-order chi connectivity index (χ0) is 8.43. The maximum absolute atomic E-state index is 12.6. The Bertz CT molecular complexity index is 256. The van der Waals surface area contributed by atoms with E-state index in [0.29, 0.717) is 10.2 Å². The lowest BCUT2D eigenvalue weighted by Gasteiger charge is -2.04. The zero-order valence-electron chi connectivity index (χ0n) is 5.37. The number of hydrazine groups is 1. The molecule has 0 unspecified atom stereocenters. The van der Waals surface area contributed by atoms with Crippen LogP contribution in [-0.4, -0.2) is 0 Å². The van der Waals surface area contributed by atoms with E-state index in [-0.39, 0.29) is 5.02 Å². The molecule has 1 aromatic carbocycles. The summed E-state index contributed by atoms with van der Waals surface area (Å²) in [4.78, 5) is 0. The highest BCUT2D eigenvalue weighted by atomic mass is 79.9. The summed E-state index contributed by atoms with van der Waals surface area (Å²) in [6.07, 6.45) is 0. The van der Waals surface area contributed by atoms with Crippen LogP contribution in [0.2, 0.25) is 5.02 Å². The molecule has 1 rings (SSSR count). The second-order valence-electron chi connectivity index (χ2n) is 1.89. The Balaban J connectivity index is 3.25. The monoisotopic (exact) mass is 238 g/mol. The number of nitrogens with one attached hydrogen (secondary N) is 1. The van der Waals surface area contributed by atoms with Gasteiger partial charge in [0.25, 0.3) is 0 Å². The molecule has 60 valence electrons. The molecule has 0 saturated heterocycles. The smallest absolute Gasteiger partial charge is 0.125 e. The van der Waals surface area contributed by atoms with Crippen LogP contribution in [0.15, 0.2) is 16.6 Å². The minimum Gasteiger partial charge on any atom is -0.322 e. The Labute approximate surface area is 76.6 Å². The molecule has 0 amide bonds. The minimum atomic E-state index is -0.402. The molecule has 3 N–H and O–H groups in total. The highest BCUT2D eigenvalue weighted by Crippen LogP contribution is 2.30. The molecule has 0 fully saturated rings. The van der Waals surface area contributed by atoms with E-state index in [0.717, 1.165) is 0 Å². The molecule has 0 aliphatic heterocycles. The summed E-state index contributed by atoms with van der Waals surface area (Å²) in [5.74, 6) is 4.71. The molecular formula is C6H5BrClFN2. The first kappa shape index (κ1) is 8.77. The van der Waals surface area contributed by atoms with Crippen LogP contribution >= 0.6 is 27.5 Å². The van der Waals surface area contributed by atoms with Gasteiger partial charge in [-0.15, -0.1) is 0 Å². The first-order valence-electron chi connectivity index (χ1n) is 2.76. The topological polar surface area (TPSA) is 38.0 Å². The fourth-order valence-electron chi connectivity index (χ4n) is 0.680. The summed E-state index contributed by atoms with van der Waals surface area (Å²) in [7, 11) is 0. The number of hydrogen-bond acceptors (Lipinski definition) is 2. The van der Waals surface area contributed by atoms with E-state index in [9.17, 15) is 4.39 Å². The van der Waals surface area contributed by atoms with Gasteiger partial charge in [0.2, 0.25) is 0 Å². The Morgan fingerprint density at radius 1 is 1.55 bits per heavy atom. The quantitative estimate of drug-likeness (QED) is 0.584. The number of hydrogen-bond donors (Lipinski definition) is 2. The zero-order valence-corrected chi connectivity index (χ0v) is 7.71. The van der Waals surface area contributed by atoms with Crippen molar-refractivity contribution in [2.75, 3.05) is 5.43 Å². The predicted molar refractivity (Wildman–Crippen MR) is 46.9 cm³/mol. The third-order valence-corrected chi connectivity index (χ3v) is 2.07. The molecule has 0 bridgehead atoms. The van der Waals surface area contributed by atoms with Crippen LogP contribution in [0.3, 0.4) is 0 Å². The van der Waals surface area contributed by atoms with Crippen LogP contribution in [0.5, 0.6) is 0 Å². The number of halogens is 3. The molecule has 0 aliphatic carbocycles. The Kier molecular flexibility index (Phi) is 2.70. The van der Waals surface area contributed by atoms with Crippen molar-refractivity contribution in [3.05, 3.63) is 27.4 Å². The van der Waals surface area contributed by atoms with Gasteiger partial charge in [0.15, 0.2) is 0 Å². The van der Waals surface area contributed by atoms with Gasteiger partial charge in [-0.1, -0.05) is 11.6 Å². The third-order valence-electron chi connectivity index (χ3n) is 1.15. The Hall–Kier alpha value is -0.320. The molecule has 0 heterocycles. The van der Waals surface area contributed by atoms with Crippen molar-refractivity contribution < 1.29 is 4.39 Å². The van der Waals surface area contributed by atoms with E-state index in [1.807, 2.05) is 0 Å². The summed E-state index contributed by atoms with van der Waals surface area (Å²) in [5, 5.41) is 0.249. The van der Waals surface area contributed by atoms with Gasteiger partial charge in [-0.05, 0) is 28.1 Å². The van der Waals surface area contributed by atoms with Crippen molar-refractivity contribution in [1.82, 2.24) is 0 Å². The number of rotatable bonds is 1. The number of nitrogens with two attached hydrogens (primary N) is 1. The van der Waals surface area contributed by atoms with Crippen LogP contribution < -0.4 is 11.3 Å². The van der Waals surface area contributed by atoms with Crippen molar-refractivity contribution in [2.24, 2.45) is 5.84 Å². The molecule has 0 radical (unpaired) electrons. The second kappa shape index (κ2) is 3.38. The third kappa shape index (κ3) is 1.83. The lowest BCUT2D eigenvalue weighted by molar-refractivity contribution is 0.627. The summed E-state index contributed by atoms with van der Waals surface area (Å²) in [5.41, 5.74) is 2.82. The van der Waals surface area contributed by atoms with Gasteiger partial charge in [0, 0.05) is 4.47 Å². The normalized spacial score (nSPS) is 9.82. The van der Waals surface area contributed by atoms with Gasteiger partial charge < -0.3 is 5.43 Å². The molecule has 0 saturated carbocycles. The fraction of sp³-hybridized carbons (Fsp3) is 0. The molecule has 11 heavy (non-hydrogen) atoms. The average molecular weight is 239 g/mol. The maximum Gasteiger partial charge on any atom is 0.125 e. The van der Waals surface area contributed by atoms with Gasteiger partial charge in [0.1, 0.15) is 5.82 Å². The van der Waals surface area contributed by atoms with E-state index in [1.165, 1.54) is 12.1 Å². The van der Waals surface area contributed by atoms with Crippen LogP contribution in [0.4, 0.5) is 10.1 Å². The Morgan fingerprint density at radius 3 is 2.64 bits per heavy atom. The first-order valence-corrected chi connectivity index (χ1v) is 3.93. The van der Waals surface area contributed by atoms with Gasteiger partial charge in [-0.25, -0.2) is 4.39 Å². The maximum atomic E-state index is 12.6. The largest absolute Gasteiger partial charge is 0.322 e. The van der Waals surface area contributed by atoms with E-state index in [1.54, 1.807) is 0 Å². The van der Waals surface area contributed by atoms with Crippen molar-refractivity contribution in [2.45, 2.75) is 0 Å². The summed E-state index contributed by atoms with van der Waals surface area (Å²) in [6, 6.07) is 2.46. The summed E-state index contributed by atoms with van der Waals surface area (Å²) >= 11 is 8.71. The molecule has 2 nitrogen and oxygen atoms in total. The van der Waals surface area contributed by atoms with E-state index < -0.39 is 5.82 Å². The number of nitrogen functional groups attached to an aromatic ring is 1. The lowest BCUT2D eigenvalue weighted by Crippen LogP contribution is -2.07. The van der Waals surface area contributed by atoms with Gasteiger partial charge in [-0.2, -0.15) is 0 Å². The van der Waals surface area contributed by atoms with Gasteiger partial charge in [-0.3, -0.25) is 5.84 Å². The molecule has 0 aromatic heterocycles. The molecular weight excluding hydrogens is 234 g/mol. The number of anilines is 1. The summed E-state index contributed by atoms with van der Waals surface area (Å²) < 4.78 is 13.1. The van der Waals surface area contributed by atoms with Crippen molar-refractivity contribution in [1.29, 1.82) is 0 Å². The van der Waals surface area contributed by atoms with Crippen LogP contribution in [0.25, 0.3) is 0 Å². The molecule has 1 aromatic rings. The fourth-order valence-corrected chi connectivity index (χ4v) is 1.60. The molecule has 0 atom stereocenters. The standard InChI is InChI=1S/C6H5BrClFN2/c7-4-1-3(9)2-5(8)6(4)11-10/h1-2,11H,10H2. The van der Waals surface area contributed by atoms with Gasteiger partial charge >= 0.3 is 0 Å². The molecule has 0 spiro atoms. The highest BCUT2D eigenvalue weighted by molar-refractivity contribution is 9.10. The second-order valence-corrected chi connectivity index (χ2v) is 3.15. The Morgan fingerprint density at radius 2 is 2.18 bits per heavy atom. The SMILES string of the molecule is NNc1c(Cl)cc(F)cc1Br. The molecule has 0 aliphatic rings. The summed E-state index contributed by atoms with van der Waals surface area (Å²) in [6.45, 7) is 0. The molecule has 5 heteroatoms. The van der Waals surface area contributed by atoms with E-state index >= 15 is 0 Å². The lowest BCUT2D eigenvalue weighted by atomic mass is 10.3. The van der Waals surface area contributed by atoms with Crippen LogP contribution in [0, 0.1) is 5.82 Å². The van der Waals surface area contributed by atoms with Crippen LogP contribution in [-0.2, 0) is 0 Å².